The van der Waals surface area contributed by atoms with Gasteiger partial charge in [-0.25, -0.2) is 9.59 Å². The van der Waals surface area contributed by atoms with Gasteiger partial charge in [-0.05, 0) is 17.7 Å². The first-order valence-corrected chi connectivity index (χ1v) is 9.69. The second kappa shape index (κ2) is 9.08. The number of carbonyl (C=O) groups excluding carboxylic acids is 1. The first-order chi connectivity index (χ1) is 11.1. The lowest BCUT2D eigenvalue weighted by Crippen LogP contribution is -2.44. The van der Waals surface area contributed by atoms with Gasteiger partial charge in [-0.1, -0.05) is 54.5 Å². The van der Waals surface area contributed by atoms with Crippen molar-refractivity contribution in [1.82, 2.24) is 4.90 Å². The summed E-state index contributed by atoms with van der Waals surface area (Å²) in [6.07, 6.45) is -0.666. The molecule has 1 aromatic rings. The molecule has 1 rings (SSSR count). The van der Waals surface area contributed by atoms with Crippen LogP contribution in [0.15, 0.2) is 24.3 Å². The minimum absolute atomic E-state index is 0.0158. The van der Waals surface area contributed by atoms with Crippen LogP contribution in [0.25, 0.3) is 0 Å². The maximum Gasteiger partial charge on any atom is 0.410 e. The zero-order valence-corrected chi connectivity index (χ0v) is 15.9. The van der Waals surface area contributed by atoms with Gasteiger partial charge in [0.25, 0.3) is 0 Å². The molecule has 1 atom stereocenters. The fourth-order valence-electron chi connectivity index (χ4n) is 1.61. The van der Waals surface area contributed by atoms with Crippen LogP contribution >= 0.6 is 21.6 Å². The van der Waals surface area contributed by atoms with Crippen LogP contribution in [0, 0.1) is 0 Å². The minimum atomic E-state index is -1.05. The molecule has 0 spiro atoms. The Bertz CT molecular complexity index is 558. The van der Waals surface area contributed by atoms with Crippen LogP contribution in [0.4, 0.5) is 10.5 Å². The molecule has 0 heterocycles. The smallest absolute Gasteiger partial charge is 0.410 e. The summed E-state index contributed by atoms with van der Waals surface area (Å²) < 4.78 is 5.19. The van der Waals surface area contributed by atoms with Crippen molar-refractivity contribution < 1.29 is 19.4 Å². The first kappa shape index (κ1) is 20.5. The van der Waals surface area contributed by atoms with Gasteiger partial charge in [0.2, 0.25) is 0 Å². The van der Waals surface area contributed by atoms with Gasteiger partial charge in [0.15, 0.2) is 0 Å². The molecule has 134 valence electrons. The summed E-state index contributed by atoms with van der Waals surface area (Å²) in [5.74, 6) is -0.769. The summed E-state index contributed by atoms with van der Waals surface area (Å²) in [7, 11) is 4.45. The molecule has 24 heavy (non-hydrogen) atoms. The van der Waals surface area contributed by atoms with Gasteiger partial charge in [-0.15, -0.1) is 0 Å². The number of anilines is 1. The fourth-order valence-corrected chi connectivity index (χ4v) is 4.18. The van der Waals surface area contributed by atoms with Crippen molar-refractivity contribution in [2.24, 2.45) is 0 Å². The molecule has 1 unspecified atom stereocenters. The molecule has 0 aliphatic carbocycles. The number of ether oxygens (including phenoxy) is 1. The quantitative estimate of drug-likeness (QED) is 0.559. The third kappa shape index (κ3) is 7.35. The van der Waals surface area contributed by atoms with E-state index >= 15 is 0 Å². The van der Waals surface area contributed by atoms with Gasteiger partial charge in [0.1, 0.15) is 12.6 Å². The molecule has 0 radical (unpaired) electrons. The zero-order chi connectivity index (χ0) is 18.3. The van der Waals surface area contributed by atoms with Gasteiger partial charge < -0.3 is 15.6 Å². The highest BCUT2D eigenvalue weighted by molar-refractivity contribution is 8.77. The number of nitrogens with zero attached hydrogens (tertiary/aromatic N) is 1. The number of aliphatic carboxylic acids is 1. The lowest BCUT2D eigenvalue weighted by atomic mass is 10.2. The Morgan fingerprint density at radius 1 is 1.29 bits per heavy atom. The van der Waals surface area contributed by atoms with Crippen LogP contribution in [0.1, 0.15) is 26.3 Å². The van der Waals surface area contributed by atoms with Gasteiger partial charge >= 0.3 is 12.1 Å². The second-order valence-electron chi connectivity index (χ2n) is 6.24. The lowest BCUT2D eigenvalue weighted by molar-refractivity contribution is -0.141. The van der Waals surface area contributed by atoms with Crippen LogP contribution in [-0.2, 0) is 16.1 Å². The molecule has 0 saturated heterocycles. The second-order valence-corrected chi connectivity index (χ2v) is 9.41. The van der Waals surface area contributed by atoms with Gasteiger partial charge in [0, 0.05) is 23.2 Å². The number of nitrogen functional groups attached to an aromatic ring is 1. The highest BCUT2D eigenvalue weighted by Crippen LogP contribution is 2.35. The van der Waals surface area contributed by atoms with Gasteiger partial charge in [0.05, 0.1) is 0 Å². The first-order valence-electron chi connectivity index (χ1n) is 7.37. The van der Waals surface area contributed by atoms with Gasteiger partial charge in [-0.2, -0.15) is 0 Å². The third-order valence-corrected chi connectivity index (χ3v) is 6.25. The highest BCUT2D eigenvalue weighted by atomic mass is 33.1. The Hall–Kier alpha value is -1.54. The number of nitrogens with two attached hydrogens (primary N) is 1. The SMILES string of the molecule is CN(C(=O)OCc1ccc(N)cc1)C(CSSC(C)(C)C)C(=O)O. The summed E-state index contributed by atoms with van der Waals surface area (Å²) in [6.45, 7) is 6.21. The van der Waals surface area contributed by atoms with E-state index < -0.39 is 18.1 Å². The van der Waals surface area contributed by atoms with Crippen LogP contribution in [0.2, 0.25) is 0 Å². The van der Waals surface area contributed by atoms with Crippen molar-refractivity contribution in [2.75, 3.05) is 18.5 Å². The van der Waals surface area contributed by atoms with Crippen molar-refractivity contribution in [3.63, 3.8) is 0 Å². The van der Waals surface area contributed by atoms with Gasteiger partial charge in [-0.3, -0.25) is 4.90 Å². The maximum absolute atomic E-state index is 12.1. The Morgan fingerprint density at radius 3 is 2.38 bits per heavy atom. The highest BCUT2D eigenvalue weighted by Gasteiger charge is 2.28. The Balaban J connectivity index is 2.55. The van der Waals surface area contributed by atoms with E-state index in [1.165, 1.54) is 17.8 Å². The van der Waals surface area contributed by atoms with Crippen LogP contribution < -0.4 is 5.73 Å². The Morgan fingerprint density at radius 2 is 1.88 bits per heavy atom. The molecule has 1 amide bonds. The number of hydrogen-bond donors (Lipinski definition) is 2. The minimum Gasteiger partial charge on any atom is -0.480 e. The standard InChI is InChI=1S/C16H24N2O4S2/c1-16(2,3)24-23-10-13(14(19)20)18(4)15(21)22-9-11-5-7-12(17)8-6-11/h5-8,13H,9-10,17H2,1-4H3,(H,19,20). The summed E-state index contributed by atoms with van der Waals surface area (Å²) in [5.41, 5.74) is 7.01. The van der Waals surface area contributed by atoms with Crippen molar-refractivity contribution in [3.05, 3.63) is 29.8 Å². The molecule has 0 saturated carbocycles. The van der Waals surface area contributed by atoms with E-state index in [1.807, 2.05) is 20.8 Å². The zero-order valence-electron chi connectivity index (χ0n) is 14.3. The van der Waals surface area contributed by atoms with Crippen LogP contribution in [0.3, 0.4) is 0 Å². The monoisotopic (exact) mass is 372 g/mol. The lowest BCUT2D eigenvalue weighted by Gasteiger charge is -2.25. The van der Waals surface area contributed by atoms with E-state index in [0.29, 0.717) is 5.69 Å². The predicted octanol–water partition coefficient (Wildman–Crippen LogP) is 3.47. The van der Waals surface area contributed by atoms with E-state index in [9.17, 15) is 14.7 Å². The largest absolute Gasteiger partial charge is 0.480 e. The number of carboxylic acids is 1. The number of carboxylic acid groups (broad SMARTS) is 1. The average Bonchev–Trinajstić information content (AvgIpc) is 2.48. The number of hydrogen-bond acceptors (Lipinski definition) is 6. The molecular formula is C16H24N2O4S2. The molecule has 0 bridgehead atoms. The Labute approximate surface area is 150 Å². The molecule has 3 N–H and O–H groups in total. The van der Waals surface area contributed by atoms with Crippen molar-refractivity contribution in [1.29, 1.82) is 0 Å². The van der Waals surface area contributed by atoms with E-state index in [4.69, 9.17) is 10.5 Å². The molecular weight excluding hydrogens is 348 g/mol. The normalized spacial score (nSPS) is 12.5. The third-order valence-electron chi connectivity index (χ3n) is 2.92. The average molecular weight is 373 g/mol. The van der Waals surface area contributed by atoms with E-state index in [2.05, 4.69) is 0 Å². The van der Waals surface area contributed by atoms with Crippen LogP contribution in [0.5, 0.6) is 0 Å². The topological polar surface area (TPSA) is 92.9 Å². The number of benzene rings is 1. The van der Waals surface area contributed by atoms with Crippen molar-refractivity contribution in [2.45, 2.75) is 38.2 Å². The van der Waals surface area contributed by atoms with E-state index in [-0.39, 0.29) is 17.1 Å². The summed E-state index contributed by atoms with van der Waals surface area (Å²) in [6, 6.07) is 6.00. The molecule has 0 fully saturated rings. The predicted molar refractivity (Wildman–Crippen MR) is 100 cm³/mol. The fraction of sp³-hybridized carbons (Fsp3) is 0.500. The molecule has 0 aliphatic rings. The number of amides is 1. The molecule has 8 heteroatoms. The molecule has 6 nitrogen and oxygen atoms in total. The molecule has 0 aromatic heterocycles. The Kier molecular flexibility index (Phi) is 7.75. The number of rotatable bonds is 7. The van der Waals surface area contributed by atoms with Crippen molar-refractivity contribution in [3.8, 4) is 0 Å². The molecule has 0 aliphatic heterocycles. The summed E-state index contributed by atoms with van der Waals surface area (Å²) in [4.78, 5) is 24.6. The van der Waals surface area contributed by atoms with Crippen molar-refractivity contribution >= 4 is 39.3 Å². The number of likely N-dealkylation sites (N-methyl/N-ethyl adjacent to an activating group) is 1. The van der Waals surface area contributed by atoms with E-state index in [1.54, 1.807) is 35.1 Å². The maximum atomic E-state index is 12.1. The number of carbonyl (C=O) groups is 2. The van der Waals surface area contributed by atoms with Crippen LogP contribution in [-0.4, -0.2) is 45.7 Å². The summed E-state index contributed by atoms with van der Waals surface area (Å²) >= 11 is 0. The van der Waals surface area contributed by atoms with E-state index in [0.717, 1.165) is 10.5 Å². The molecule has 1 aromatic carbocycles. The summed E-state index contributed by atoms with van der Waals surface area (Å²) in [5, 5.41) is 9.35.